The van der Waals surface area contributed by atoms with E-state index in [1.807, 2.05) is 0 Å². The second-order valence-corrected chi connectivity index (χ2v) is 3.23. The van der Waals surface area contributed by atoms with Crippen LogP contribution >= 0.6 is 0 Å². The largest absolute Gasteiger partial charge is 0.491 e. The van der Waals surface area contributed by atoms with Gasteiger partial charge in [-0.25, -0.2) is 9.18 Å². The van der Waals surface area contributed by atoms with E-state index in [2.05, 4.69) is 9.97 Å². The van der Waals surface area contributed by atoms with Crippen LogP contribution in [0.1, 0.15) is 6.92 Å². The standard InChI is InChI=1S/C11H11FN2O2/c1-2-16-10-4-3-7(5-8(10)12)9-6-13-11(15)14-9/h3-6H,2H2,1H3,(H2,13,14,15). The van der Waals surface area contributed by atoms with Crippen molar-refractivity contribution in [2.45, 2.75) is 6.92 Å². The monoisotopic (exact) mass is 222 g/mol. The zero-order valence-electron chi connectivity index (χ0n) is 8.71. The molecule has 0 unspecified atom stereocenters. The van der Waals surface area contributed by atoms with E-state index in [1.165, 1.54) is 12.3 Å². The number of halogens is 1. The third-order valence-electron chi connectivity index (χ3n) is 2.14. The van der Waals surface area contributed by atoms with Crippen LogP contribution in [0.25, 0.3) is 11.3 Å². The van der Waals surface area contributed by atoms with Gasteiger partial charge in [0, 0.05) is 11.8 Å². The van der Waals surface area contributed by atoms with E-state index in [-0.39, 0.29) is 11.4 Å². The zero-order chi connectivity index (χ0) is 11.5. The van der Waals surface area contributed by atoms with E-state index >= 15 is 0 Å². The predicted molar refractivity (Wildman–Crippen MR) is 58.0 cm³/mol. The highest BCUT2D eigenvalue weighted by atomic mass is 19.1. The van der Waals surface area contributed by atoms with Gasteiger partial charge in [-0.15, -0.1) is 0 Å². The van der Waals surface area contributed by atoms with Crippen molar-refractivity contribution in [1.29, 1.82) is 0 Å². The molecule has 0 fully saturated rings. The third-order valence-corrected chi connectivity index (χ3v) is 2.14. The van der Waals surface area contributed by atoms with Crippen LogP contribution in [0.5, 0.6) is 5.75 Å². The molecule has 1 aromatic carbocycles. The van der Waals surface area contributed by atoms with Gasteiger partial charge in [-0.05, 0) is 25.1 Å². The smallest absolute Gasteiger partial charge is 0.323 e. The molecule has 2 N–H and O–H groups in total. The third kappa shape index (κ3) is 1.98. The van der Waals surface area contributed by atoms with Crippen LogP contribution in [0, 0.1) is 5.82 Å². The summed E-state index contributed by atoms with van der Waals surface area (Å²) in [5, 5.41) is 0. The highest BCUT2D eigenvalue weighted by Crippen LogP contribution is 2.23. The molecule has 1 aromatic heterocycles. The summed E-state index contributed by atoms with van der Waals surface area (Å²) in [5.41, 5.74) is 0.829. The minimum absolute atomic E-state index is 0.212. The minimum atomic E-state index is -0.443. The Hall–Kier alpha value is -2.04. The Morgan fingerprint density at radius 3 is 2.81 bits per heavy atom. The van der Waals surface area contributed by atoms with Gasteiger partial charge in [0.25, 0.3) is 0 Å². The first-order valence-corrected chi connectivity index (χ1v) is 4.91. The normalized spacial score (nSPS) is 10.4. The first-order chi connectivity index (χ1) is 7.70. The van der Waals surface area contributed by atoms with Crippen molar-refractivity contribution >= 4 is 0 Å². The van der Waals surface area contributed by atoms with E-state index in [0.717, 1.165) is 0 Å². The maximum atomic E-state index is 13.5. The number of imidazole rings is 1. The number of hydrogen-bond acceptors (Lipinski definition) is 2. The molecule has 4 nitrogen and oxygen atoms in total. The first-order valence-electron chi connectivity index (χ1n) is 4.91. The second kappa shape index (κ2) is 4.22. The Morgan fingerprint density at radius 1 is 1.44 bits per heavy atom. The van der Waals surface area contributed by atoms with E-state index < -0.39 is 5.82 Å². The van der Waals surface area contributed by atoms with Crippen LogP contribution in [-0.2, 0) is 0 Å². The molecule has 0 amide bonds. The van der Waals surface area contributed by atoms with Crippen LogP contribution in [0.3, 0.4) is 0 Å². The number of aromatic amines is 2. The molecule has 2 rings (SSSR count). The van der Waals surface area contributed by atoms with Crippen LogP contribution < -0.4 is 10.4 Å². The Kier molecular flexibility index (Phi) is 2.76. The highest BCUT2D eigenvalue weighted by Gasteiger charge is 2.06. The van der Waals surface area contributed by atoms with Crippen molar-refractivity contribution in [2.75, 3.05) is 6.61 Å². The van der Waals surface area contributed by atoms with E-state index in [4.69, 9.17) is 4.74 Å². The van der Waals surface area contributed by atoms with Crippen molar-refractivity contribution < 1.29 is 9.13 Å². The van der Waals surface area contributed by atoms with Gasteiger partial charge < -0.3 is 14.7 Å². The van der Waals surface area contributed by atoms with Gasteiger partial charge in [0.05, 0.1) is 12.3 Å². The second-order valence-electron chi connectivity index (χ2n) is 3.23. The van der Waals surface area contributed by atoms with Crippen LogP contribution in [0.15, 0.2) is 29.2 Å². The Morgan fingerprint density at radius 2 is 2.25 bits per heavy atom. The Bertz CT molecular complexity index is 545. The lowest BCUT2D eigenvalue weighted by atomic mass is 10.1. The molecule has 0 aliphatic heterocycles. The molecular formula is C11H11FN2O2. The fourth-order valence-corrected chi connectivity index (χ4v) is 1.43. The summed E-state index contributed by atoms with van der Waals surface area (Å²) in [6.07, 6.45) is 1.50. The maximum absolute atomic E-state index is 13.5. The molecule has 0 saturated heterocycles. The van der Waals surface area contributed by atoms with Gasteiger partial charge in [-0.1, -0.05) is 0 Å². The summed E-state index contributed by atoms with van der Waals surface area (Å²) in [6.45, 7) is 2.20. The van der Waals surface area contributed by atoms with Crippen molar-refractivity contribution in [3.63, 3.8) is 0 Å². The molecule has 5 heteroatoms. The molecule has 0 saturated carbocycles. The van der Waals surface area contributed by atoms with Crippen molar-refractivity contribution in [3.8, 4) is 17.0 Å². The van der Waals surface area contributed by atoms with E-state index in [1.54, 1.807) is 19.1 Å². The van der Waals surface area contributed by atoms with Crippen molar-refractivity contribution in [2.24, 2.45) is 0 Å². The molecule has 84 valence electrons. The number of benzene rings is 1. The fraction of sp³-hybridized carbons (Fsp3) is 0.182. The summed E-state index contributed by atoms with van der Waals surface area (Å²) in [7, 11) is 0. The van der Waals surface area contributed by atoms with E-state index in [9.17, 15) is 9.18 Å². The summed E-state index contributed by atoms with van der Waals surface area (Å²) < 4.78 is 18.6. The highest BCUT2D eigenvalue weighted by molar-refractivity contribution is 5.59. The fourth-order valence-electron chi connectivity index (χ4n) is 1.43. The summed E-state index contributed by atoms with van der Waals surface area (Å²) in [5.74, 6) is -0.231. The van der Waals surface area contributed by atoms with Gasteiger partial charge in [0.1, 0.15) is 0 Å². The molecular weight excluding hydrogens is 211 g/mol. The molecule has 2 aromatic rings. The molecule has 0 aliphatic carbocycles. The van der Waals surface area contributed by atoms with Gasteiger partial charge in [0.2, 0.25) is 0 Å². The quantitative estimate of drug-likeness (QED) is 0.833. The Balaban J connectivity index is 2.37. The van der Waals surface area contributed by atoms with Gasteiger partial charge in [-0.2, -0.15) is 0 Å². The number of nitrogens with one attached hydrogen (secondary N) is 2. The molecule has 0 atom stereocenters. The van der Waals surface area contributed by atoms with Crippen molar-refractivity contribution in [1.82, 2.24) is 9.97 Å². The van der Waals surface area contributed by atoms with Gasteiger partial charge >= 0.3 is 5.69 Å². The summed E-state index contributed by atoms with van der Waals surface area (Å²) in [4.78, 5) is 15.9. The topological polar surface area (TPSA) is 57.9 Å². The Labute approximate surface area is 91.1 Å². The minimum Gasteiger partial charge on any atom is -0.491 e. The number of ether oxygens (including phenoxy) is 1. The molecule has 0 aliphatic rings. The lowest BCUT2D eigenvalue weighted by Crippen LogP contribution is -2.00. The number of aromatic nitrogens is 2. The van der Waals surface area contributed by atoms with Crippen LogP contribution in [0.4, 0.5) is 4.39 Å². The van der Waals surface area contributed by atoms with Crippen molar-refractivity contribution in [3.05, 3.63) is 40.7 Å². The number of hydrogen-bond donors (Lipinski definition) is 2. The number of H-pyrrole nitrogens is 2. The lowest BCUT2D eigenvalue weighted by molar-refractivity contribution is 0.321. The van der Waals surface area contributed by atoms with E-state index in [0.29, 0.717) is 17.9 Å². The zero-order valence-corrected chi connectivity index (χ0v) is 8.71. The van der Waals surface area contributed by atoms with Crippen LogP contribution in [-0.4, -0.2) is 16.6 Å². The molecule has 0 radical (unpaired) electrons. The molecule has 0 bridgehead atoms. The maximum Gasteiger partial charge on any atom is 0.323 e. The summed E-state index contributed by atoms with van der Waals surface area (Å²) >= 11 is 0. The lowest BCUT2D eigenvalue weighted by Gasteiger charge is -2.05. The number of rotatable bonds is 3. The molecule has 16 heavy (non-hydrogen) atoms. The first kappa shape index (κ1) is 10.5. The SMILES string of the molecule is CCOc1ccc(-c2c[nH]c(=O)[nH]2)cc1F. The molecule has 1 heterocycles. The van der Waals surface area contributed by atoms with Crippen LogP contribution in [0.2, 0.25) is 0 Å². The average molecular weight is 222 g/mol. The summed E-state index contributed by atoms with van der Waals surface area (Å²) in [6, 6.07) is 4.55. The van der Waals surface area contributed by atoms with Gasteiger partial charge in [0.15, 0.2) is 11.6 Å². The van der Waals surface area contributed by atoms with Gasteiger partial charge in [-0.3, -0.25) is 0 Å². The average Bonchev–Trinajstić information content (AvgIpc) is 2.68. The molecule has 0 spiro atoms. The predicted octanol–water partition coefficient (Wildman–Crippen LogP) is 1.91.